The van der Waals surface area contributed by atoms with Crippen molar-refractivity contribution in [3.05, 3.63) is 236 Å². The molecule has 11 aromatic rings. The highest BCUT2D eigenvalue weighted by Crippen LogP contribution is 2.52. The molecule has 1 aliphatic carbocycles. The van der Waals surface area contributed by atoms with Gasteiger partial charge in [0.05, 0.1) is 0 Å². The number of rotatable bonds is 7. The molecule has 1 aliphatic rings. The molecular formula is C61H43NO. The molecule has 2 nitrogen and oxygen atoms in total. The summed E-state index contributed by atoms with van der Waals surface area (Å²) in [4.78, 5) is 2.40. The van der Waals surface area contributed by atoms with Gasteiger partial charge in [-0.05, 0) is 127 Å². The van der Waals surface area contributed by atoms with Crippen LogP contribution in [0.5, 0.6) is 0 Å². The summed E-state index contributed by atoms with van der Waals surface area (Å²) in [5.74, 6) is 0. The van der Waals surface area contributed by atoms with Crippen molar-refractivity contribution in [3.63, 3.8) is 0 Å². The van der Waals surface area contributed by atoms with Crippen LogP contribution >= 0.6 is 0 Å². The second-order valence-corrected chi connectivity index (χ2v) is 17.3. The first-order chi connectivity index (χ1) is 31.0. The SMILES string of the molecule is CC1(C)c2cc(-c3ccccc3)ccc2-c2ccc(N(c3ccc(-c4cccc(-c5cccc6ccccc56)c4)cc3)c3ccc(-c4cccc5c4oc4ccccc45)cc3)cc21. The van der Waals surface area contributed by atoms with Gasteiger partial charge in [0.15, 0.2) is 0 Å². The smallest absolute Gasteiger partial charge is 0.143 e. The van der Waals surface area contributed by atoms with E-state index in [1.807, 2.05) is 12.1 Å². The van der Waals surface area contributed by atoms with Gasteiger partial charge in [-0.25, -0.2) is 0 Å². The third-order valence-electron chi connectivity index (χ3n) is 13.3. The number of hydrogen-bond donors (Lipinski definition) is 0. The summed E-state index contributed by atoms with van der Waals surface area (Å²) >= 11 is 0. The molecule has 1 aromatic heterocycles. The summed E-state index contributed by atoms with van der Waals surface area (Å²) in [6.07, 6.45) is 0. The minimum Gasteiger partial charge on any atom is -0.455 e. The molecule has 0 saturated carbocycles. The number of hydrogen-bond acceptors (Lipinski definition) is 2. The Balaban J connectivity index is 0.948. The maximum atomic E-state index is 6.46. The normalized spacial score (nSPS) is 12.7. The standard InChI is InChI=1S/C61H43NO/c1-61(2)57-38-45(40-13-4-3-5-14-40)29-35-53(57)54-36-34-49(39-58(54)61)62(48-32-27-43(28-33-48)52-22-12-23-56-55-20-8-9-24-59(55)63-60(52)56)47-30-25-41(26-31-47)44-17-10-18-46(37-44)51-21-11-16-42-15-6-7-19-50(42)51/h3-39H,1-2H3. The number of benzene rings is 10. The average Bonchev–Trinajstić information content (AvgIpc) is 3.83. The average molecular weight is 806 g/mol. The van der Waals surface area contributed by atoms with E-state index in [4.69, 9.17) is 4.42 Å². The molecule has 0 atom stereocenters. The van der Waals surface area contributed by atoms with Crippen molar-refractivity contribution in [3.8, 4) is 55.6 Å². The summed E-state index contributed by atoms with van der Waals surface area (Å²) in [5, 5.41) is 4.79. The maximum absolute atomic E-state index is 6.46. The van der Waals surface area contributed by atoms with Crippen molar-refractivity contribution in [2.75, 3.05) is 4.90 Å². The second-order valence-electron chi connectivity index (χ2n) is 17.3. The van der Waals surface area contributed by atoms with Crippen LogP contribution in [0.15, 0.2) is 229 Å². The lowest BCUT2D eigenvalue weighted by Gasteiger charge is -2.28. The summed E-state index contributed by atoms with van der Waals surface area (Å²) in [7, 11) is 0. The van der Waals surface area contributed by atoms with E-state index in [0.29, 0.717) is 0 Å². The highest BCUT2D eigenvalue weighted by atomic mass is 16.3. The van der Waals surface area contributed by atoms with Crippen molar-refractivity contribution in [1.82, 2.24) is 0 Å². The van der Waals surface area contributed by atoms with E-state index in [1.165, 1.54) is 66.4 Å². The van der Waals surface area contributed by atoms with Gasteiger partial charge in [0.1, 0.15) is 11.2 Å². The Kier molecular flexibility index (Phi) is 8.55. The minimum atomic E-state index is -0.189. The van der Waals surface area contributed by atoms with E-state index < -0.39 is 0 Å². The molecule has 10 aromatic carbocycles. The highest BCUT2D eigenvalue weighted by molar-refractivity contribution is 6.09. The molecule has 12 rings (SSSR count). The summed E-state index contributed by atoms with van der Waals surface area (Å²) < 4.78 is 6.46. The summed E-state index contributed by atoms with van der Waals surface area (Å²) in [6.45, 7) is 4.74. The Hall–Kier alpha value is -7.94. The van der Waals surface area contributed by atoms with Gasteiger partial charge < -0.3 is 9.32 Å². The van der Waals surface area contributed by atoms with Gasteiger partial charge in [-0.2, -0.15) is 0 Å². The zero-order chi connectivity index (χ0) is 42.1. The summed E-state index contributed by atoms with van der Waals surface area (Å²) in [6, 6.07) is 81.6. The van der Waals surface area contributed by atoms with Crippen LogP contribution in [0.3, 0.4) is 0 Å². The Morgan fingerprint density at radius 2 is 0.857 bits per heavy atom. The highest BCUT2D eigenvalue weighted by Gasteiger charge is 2.36. The zero-order valence-electron chi connectivity index (χ0n) is 35.2. The lowest BCUT2D eigenvalue weighted by Crippen LogP contribution is -2.16. The third kappa shape index (κ3) is 6.17. The lowest BCUT2D eigenvalue weighted by molar-refractivity contribution is 0.660. The van der Waals surface area contributed by atoms with Crippen molar-refractivity contribution in [1.29, 1.82) is 0 Å². The molecule has 63 heavy (non-hydrogen) atoms. The Labute approximate surface area is 368 Å². The third-order valence-corrected chi connectivity index (χ3v) is 13.3. The van der Waals surface area contributed by atoms with Crippen LogP contribution in [0, 0.1) is 0 Å². The van der Waals surface area contributed by atoms with Crippen molar-refractivity contribution < 1.29 is 4.42 Å². The van der Waals surface area contributed by atoms with Crippen LogP contribution in [0.25, 0.3) is 88.3 Å². The van der Waals surface area contributed by atoms with Crippen molar-refractivity contribution in [2.45, 2.75) is 19.3 Å². The summed E-state index contributed by atoms with van der Waals surface area (Å²) in [5.41, 5.74) is 19.8. The number of furan rings is 1. The topological polar surface area (TPSA) is 16.4 Å². The predicted octanol–water partition coefficient (Wildman–Crippen LogP) is 17.2. The van der Waals surface area contributed by atoms with Gasteiger partial charge in [0, 0.05) is 38.8 Å². The van der Waals surface area contributed by atoms with Gasteiger partial charge in [0.25, 0.3) is 0 Å². The first-order valence-corrected chi connectivity index (χ1v) is 21.8. The number of nitrogens with zero attached hydrogens (tertiary/aromatic N) is 1. The van der Waals surface area contributed by atoms with Gasteiger partial charge in [-0.15, -0.1) is 0 Å². The van der Waals surface area contributed by atoms with E-state index in [1.54, 1.807) is 0 Å². The number of anilines is 3. The fraction of sp³-hybridized carbons (Fsp3) is 0.0492. The van der Waals surface area contributed by atoms with Crippen LogP contribution in [0.4, 0.5) is 17.1 Å². The van der Waals surface area contributed by atoms with Crippen LogP contribution in [-0.2, 0) is 5.41 Å². The van der Waals surface area contributed by atoms with Gasteiger partial charge in [0.2, 0.25) is 0 Å². The molecule has 1 heterocycles. The van der Waals surface area contributed by atoms with E-state index >= 15 is 0 Å². The predicted molar refractivity (Wildman–Crippen MR) is 265 cm³/mol. The molecule has 0 bridgehead atoms. The largest absolute Gasteiger partial charge is 0.455 e. The monoisotopic (exact) mass is 805 g/mol. The maximum Gasteiger partial charge on any atom is 0.143 e. The molecule has 298 valence electrons. The quantitative estimate of drug-likeness (QED) is 0.160. The Bertz CT molecular complexity index is 3520. The molecule has 0 radical (unpaired) electrons. The first-order valence-electron chi connectivity index (χ1n) is 21.8. The second kappa shape index (κ2) is 14.6. The van der Waals surface area contributed by atoms with E-state index in [2.05, 4.69) is 231 Å². The zero-order valence-corrected chi connectivity index (χ0v) is 35.2. The molecule has 0 fully saturated rings. The number of fused-ring (bicyclic) bond motifs is 7. The Morgan fingerprint density at radius 1 is 0.333 bits per heavy atom. The first kappa shape index (κ1) is 36.9. The Morgan fingerprint density at radius 3 is 1.67 bits per heavy atom. The van der Waals surface area contributed by atoms with Gasteiger partial charge in [-0.1, -0.05) is 184 Å². The van der Waals surface area contributed by atoms with Crippen LogP contribution in [-0.4, -0.2) is 0 Å². The van der Waals surface area contributed by atoms with Gasteiger partial charge >= 0.3 is 0 Å². The fourth-order valence-electron chi connectivity index (χ4n) is 10.0. The van der Waals surface area contributed by atoms with Crippen LogP contribution in [0.2, 0.25) is 0 Å². The van der Waals surface area contributed by atoms with E-state index in [0.717, 1.165) is 50.1 Å². The van der Waals surface area contributed by atoms with E-state index in [9.17, 15) is 0 Å². The van der Waals surface area contributed by atoms with Crippen LogP contribution < -0.4 is 4.90 Å². The molecular weight excluding hydrogens is 763 g/mol. The van der Waals surface area contributed by atoms with Crippen molar-refractivity contribution in [2.24, 2.45) is 0 Å². The number of para-hydroxylation sites is 2. The minimum absolute atomic E-state index is 0.189. The molecule has 0 spiro atoms. The lowest BCUT2D eigenvalue weighted by atomic mass is 9.81. The molecule has 0 unspecified atom stereocenters. The molecule has 0 aliphatic heterocycles. The molecule has 0 amide bonds. The molecule has 2 heteroatoms. The van der Waals surface area contributed by atoms with E-state index in [-0.39, 0.29) is 5.41 Å². The fourth-order valence-corrected chi connectivity index (χ4v) is 10.0. The van der Waals surface area contributed by atoms with Gasteiger partial charge in [-0.3, -0.25) is 0 Å². The molecule has 0 N–H and O–H groups in total. The van der Waals surface area contributed by atoms with Crippen LogP contribution in [0.1, 0.15) is 25.0 Å². The molecule has 0 saturated heterocycles. The van der Waals surface area contributed by atoms with Crippen molar-refractivity contribution >= 4 is 49.8 Å².